The maximum Gasteiger partial charge on any atom is 0.134 e. The molecule has 0 aromatic heterocycles. The number of methoxy groups -OCH3 is 1. The number of phenols is 1. The summed E-state index contributed by atoms with van der Waals surface area (Å²) in [7, 11) is 1.75. The smallest absolute Gasteiger partial charge is 0.134 e. The van der Waals surface area contributed by atoms with Crippen molar-refractivity contribution in [1.29, 1.82) is 0 Å². The van der Waals surface area contributed by atoms with Crippen LogP contribution in [-0.2, 0) is 11.3 Å². The highest BCUT2D eigenvalue weighted by Crippen LogP contribution is 2.28. The van der Waals surface area contributed by atoms with E-state index >= 15 is 0 Å². The molecule has 2 N–H and O–H groups in total. The summed E-state index contributed by atoms with van der Waals surface area (Å²) < 4.78 is 5.96. The van der Waals surface area contributed by atoms with E-state index in [1.54, 1.807) is 7.11 Å². The number of ether oxygens (including phenoxy) is 1. The lowest BCUT2D eigenvalue weighted by molar-refractivity contribution is 0.0169. The Morgan fingerprint density at radius 3 is 2.94 bits per heavy atom. The van der Waals surface area contributed by atoms with Crippen LogP contribution >= 0.6 is 15.9 Å². The van der Waals surface area contributed by atoms with Crippen molar-refractivity contribution in [1.82, 2.24) is 5.32 Å². The third-order valence-corrected chi connectivity index (χ3v) is 3.72. The molecule has 0 aliphatic heterocycles. The zero-order valence-corrected chi connectivity index (χ0v) is 10.8. The summed E-state index contributed by atoms with van der Waals surface area (Å²) in [5, 5.41) is 13.2. The molecule has 0 saturated heterocycles. The summed E-state index contributed by atoms with van der Waals surface area (Å²) in [5.74, 6) is 0.331. The molecule has 1 aromatic rings. The van der Waals surface area contributed by atoms with Gasteiger partial charge in [-0.2, -0.15) is 0 Å². The molecule has 0 bridgehead atoms. The van der Waals surface area contributed by atoms with Crippen molar-refractivity contribution in [3.63, 3.8) is 0 Å². The first-order valence-electron chi connectivity index (χ1n) is 5.43. The van der Waals surface area contributed by atoms with E-state index in [4.69, 9.17) is 4.74 Å². The van der Waals surface area contributed by atoms with Crippen molar-refractivity contribution >= 4 is 15.9 Å². The monoisotopic (exact) mass is 285 g/mol. The number of rotatable bonds is 4. The van der Waals surface area contributed by atoms with Gasteiger partial charge in [0.25, 0.3) is 0 Å². The molecule has 1 saturated carbocycles. The van der Waals surface area contributed by atoms with Gasteiger partial charge in [0.2, 0.25) is 0 Å². The minimum Gasteiger partial charge on any atom is -0.506 e. The van der Waals surface area contributed by atoms with E-state index in [1.165, 1.54) is 0 Å². The molecule has 0 heterocycles. The molecule has 0 amide bonds. The second kappa shape index (κ2) is 5.17. The number of aromatic hydroxyl groups is 1. The van der Waals surface area contributed by atoms with Gasteiger partial charge in [0.05, 0.1) is 10.6 Å². The fraction of sp³-hybridized carbons (Fsp3) is 0.500. The first kappa shape index (κ1) is 11.9. The predicted molar refractivity (Wildman–Crippen MR) is 66.5 cm³/mol. The topological polar surface area (TPSA) is 41.5 Å². The zero-order valence-electron chi connectivity index (χ0n) is 9.24. The van der Waals surface area contributed by atoms with Crippen molar-refractivity contribution in [3.05, 3.63) is 28.2 Å². The van der Waals surface area contributed by atoms with Gasteiger partial charge in [0.15, 0.2) is 0 Å². The Morgan fingerprint density at radius 2 is 2.25 bits per heavy atom. The molecular formula is C12H16BrNO2. The summed E-state index contributed by atoms with van der Waals surface area (Å²) in [6.45, 7) is 0.701. The number of benzene rings is 1. The summed E-state index contributed by atoms with van der Waals surface area (Å²) in [4.78, 5) is 0. The molecular weight excluding hydrogens is 270 g/mol. The van der Waals surface area contributed by atoms with Crippen LogP contribution in [0.4, 0.5) is 0 Å². The summed E-state index contributed by atoms with van der Waals surface area (Å²) in [6.07, 6.45) is 2.53. The molecule has 16 heavy (non-hydrogen) atoms. The van der Waals surface area contributed by atoms with E-state index < -0.39 is 0 Å². The first-order chi connectivity index (χ1) is 7.70. The fourth-order valence-electron chi connectivity index (χ4n) is 1.88. The van der Waals surface area contributed by atoms with Gasteiger partial charge < -0.3 is 15.2 Å². The van der Waals surface area contributed by atoms with Crippen LogP contribution in [0.5, 0.6) is 5.75 Å². The Balaban J connectivity index is 1.84. The first-order valence-corrected chi connectivity index (χ1v) is 6.22. The number of hydrogen-bond acceptors (Lipinski definition) is 3. The maximum atomic E-state index is 9.79. The van der Waals surface area contributed by atoms with Crippen molar-refractivity contribution in [2.24, 2.45) is 0 Å². The largest absolute Gasteiger partial charge is 0.506 e. The second-order valence-corrected chi connectivity index (χ2v) is 5.01. The van der Waals surface area contributed by atoms with Crippen LogP contribution in [0, 0.1) is 0 Å². The minimum atomic E-state index is 0.331. The van der Waals surface area contributed by atoms with Crippen molar-refractivity contribution < 1.29 is 9.84 Å². The SMILES string of the molecule is COC1CC(NCc2cccc(Br)c2O)C1. The molecule has 1 aromatic carbocycles. The predicted octanol–water partition coefficient (Wildman–Crippen LogP) is 2.42. The Kier molecular flexibility index (Phi) is 3.84. The van der Waals surface area contributed by atoms with Gasteiger partial charge in [-0.3, -0.25) is 0 Å². The average Bonchev–Trinajstić information content (AvgIpc) is 2.22. The Hall–Kier alpha value is -0.580. The molecule has 0 atom stereocenters. The van der Waals surface area contributed by atoms with Gasteiger partial charge >= 0.3 is 0 Å². The quantitative estimate of drug-likeness (QED) is 0.893. The number of nitrogens with one attached hydrogen (secondary N) is 1. The number of halogens is 1. The van der Waals surface area contributed by atoms with Gasteiger partial charge in [-0.1, -0.05) is 12.1 Å². The molecule has 2 rings (SSSR count). The Labute approximate surface area is 104 Å². The molecule has 3 nitrogen and oxygen atoms in total. The van der Waals surface area contributed by atoms with E-state index in [0.29, 0.717) is 24.4 Å². The van der Waals surface area contributed by atoms with Crippen LogP contribution in [-0.4, -0.2) is 24.4 Å². The molecule has 0 spiro atoms. The second-order valence-electron chi connectivity index (χ2n) is 4.15. The molecule has 88 valence electrons. The standard InChI is InChI=1S/C12H16BrNO2/c1-16-10-5-9(6-10)14-7-8-3-2-4-11(13)12(8)15/h2-4,9-10,14-15H,5-7H2,1H3. The normalized spacial score (nSPS) is 24.1. The number of hydrogen-bond donors (Lipinski definition) is 2. The van der Waals surface area contributed by atoms with Gasteiger partial charge in [-0.05, 0) is 34.8 Å². The van der Waals surface area contributed by atoms with Gasteiger partial charge in [0, 0.05) is 25.3 Å². The van der Waals surface area contributed by atoms with Crippen molar-refractivity contribution in [3.8, 4) is 5.75 Å². The molecule has 0 radical (unpaired) electrons. The van der Waals surface area contributed by atoms with E-state index in [9.17, 15) is 5.11 Å². The third-order valence-electron chi connectivity index (χ3n) is 3.08. The Morgan fingerprint density at radius 1 is 1.50 bits per heavy atom. The highest BCUT2D eigenvalue weighted by molar-refractivity contribution is 9.10. The molecule has 1 aliphatic rings. The van der Waals surface area contributed by atoms with E-state index in [-0.39, 0.29) is 0 Å². The highest BCUT2D eigenvalue weighted by Gasteiger charge is 2.28. The maximum absolute atomic E-state index is 9.79. The fourth-order valence-corrected chi connectivity index (χ4v) is 2.29. The van der Waals surface area contributed by atoms with E-state index in [2.05, 4.69) is 21.2 Å². The molecule has 4 heteroatoms. The summed E-state index contributed by atoms with van der Waals surface area (Å²) in [6, 6.07) is 6.21. The Bertz CT molecular complexity index is 364. The number of para-hydroxylation sites is 1. The van der Waals surface area contributed by atoms with Crippen LogP contribution in [0.3, 0.4) is 0 Å². The summed E-state index contributed by atoms with van der Waals surface area (Å²) >= 11 is 3.31. The van der Waals surface area contributed by atoms with E-state index in [1.807, 2.05) is 18.2 Å². The lowest BCUT2D eigenvalue weighted by Crippen LogP contribution is -2.44. The highest BCUT2D eigenvalue weighted by atomic mass is 79.9. The molecule has 1 aliphatic carbocycles. The van der Waals surface area contributed by atoms with Crippen LogP contribution < -0.4 is 5.32 Å². The van der Waals surface area contributed by atoms with Crippen LogP contribution in [0.2, 0.25) is 0 Å². The van der Waals surface area contributed by atoms with E-state index in [0.717, 1.165) is 22.9 Å². The van der Waals surface area contributed by atoms with Gasteiger partial charge in [0.1, 0.15) is 5.75 Å². The van der Waals surface area contributed by atoms with Crippen LogP contribution in [0.15, 0.2) is 22.7 Å². The summed E-state index contributed by atoms with van der Waals surface area (Å²) in [5.41, 5.74) is 0.926. The van der Waals surface area contributed by atoms with Gasteiger partial charge in [-0.15, -0.1) is 0 Å². The number of phenolic OH excluding ortho intramolecular Hbond substituents is 1. The third kappa shape index (κ3) is 2.56. The lowest BCUT2D eigenvalue weighted by atomic mass is 9.89. The van der Waals surface area contributed by atoms with Crippen molar-refractivity contribution in [2.75, 3.05) is 7.11 Å². The minimum absolute atomic E-state index is 0.331. The lowest BCUT2D eigenvalue weighted by Gasteiger charge is -2.34. The average molecular weight is 286 g/mol. The molecule has 0 unspecified atom stereocenters. The molecule has 1 fully saturated rings. The van der Waals surface area contributed by atoms with Gasteiger partial charge in [-0.25, -0.2) is 0 Å². The van der Waals surface area contributed by atoms with Crippen LogP contribution in [0.25, 0.3) is 0 Å². The zero-order chi connectivity index (χ0) is 11.5. The van der Waals surface area contributed by atoms with Crippen LogP contribution in [0.1, 0.15) is 18.4 Å². The van der Waals surface area contributed by atoms with Crippen molar-refractivity contribution in [2.45, 2.75) is 31.5 Å².